The topological polar surface area (TPSA) is 87.5 Å². The van der Waals surface area contributed by atoms with E-state index in [0.29, 0.717) is 23.1 Å². The van der Waals surface area contributed by atoms with Gasteiger partial charge in [-0.3, -0.25) is 14.3 Å². The number of methoxy groups -OCH3 is 3. The molecule has 144 valence electrons. The highest BCUT2D eigenvalue weighted by Crippen LogP contribution is 2.44. The molecule has 4 rings (SSSR count). The smallest absolute Gasteiger partial charge is 0.226 e. The van der Waals surface area contributed by atoms with Gasteiger partial charge in [0.2, 0.25) is 11.7 Å². The minimum atomic E-state index is -0.240. The zero-order chi connectivity index (χ0) is 19.7. The number of hydrogen-bond acceptors (Lipinski definition) is 6. The third kappa shape index (κ3) is 2.92. The largest absolute Gasteiger partial charge is 0.493 e. The molecule has 28 heavy (non-hydrogen) atoms. The van der Waals surface area contributed by atoms with Crippen LogP contribution in [0, 0.1) is 0 Å². The van der Waals surface area contributed by atoms with Crippen molar-refractivity contribution < 1.29 is 19.0 Å². The van der Waals surface area contributed by atoms with Crippen LogP contribution in [0.2, 0.25) is 0 Å². The van der Waals surface area contributed by atoms with Crippen LogP contribution in [0.25, 0.3) is 5.69 Å². The molecule has 1 atom stereocenters. The van der Waals surface area contributed by atoms with E-state index in [1.807, 2.05) is 28.8 Å². The van der Waals surface area contributed by atoms with Gasteiger partial charge in [-0.2, -0.15) is 0 Å². The molecule has 1 aliphatic rings. The average molecular weight is 380 g/mol. The van der Waals surface area contributed by atoms with Gasteiger partial charge in [-0.05, 0) is 29.8 Å². The fourth-order valence-electron chi connectivity index (χ4n) is 3.48. The van der Waals surface area contributed by atoms with E-state index in [-0.39, 0.29) is 18.2 Å². The second-order valence-electron chi connectivity index (χ2n) is 6.32. The molecule has 0 aliphatic carbocycles. The van der Waals surface area contributed by atoms with Crippen molar-refractivity contribution in [3.8, 4) is 22.9 Å². The van der Waals surface area contributed by atoms with Crippen molar-refractivity contribution >= 4 is 11.7 Å². The van der Waals surface area contributed by atoms with Gasteiger partial charge in [0, 0.05) is 18.5 Å². The summed E-state index contributed by atoms with van der Waals surface area (Å²) in [6, 6.07) is 7.46. The van der Waals surface area contributed by atoms with Crippen LogP contribution in [0.4, 0.5) is 5.82 Å². The van der Waals surface area contributed by atoms with Crippen molar-refractivity contribution in [3.05, 3.63) is 54.2 Å². The van der Waals surface area contributed by atoms with E-state index >= 15 is 0 Å². The highest BCUT2D eigenvalue weighted by Gasteiger charge is 2.32. The Morgan fingerprint density at radius 1 is 1.14 bits per heavy atom. The maximum atomic E-state index is 12.5. The van der Waals surface area contributed by atoms with Gasteiger partial charge in [-0.1, -0.05) is 0 Å². The zero-order valence-electron chi connectivity index (χ0n) is 15.8. The molecule has 1 amide bonds. The van der Waals surface area contributed by atoms with Crippen LogP contribution in [0.5, 0.6) is 17.2 Å². The standard InChI is InChI=1S/C20H20N4O4/c1-26-15-7-12(8-16(27-2)19(15)28-3)14-9-17(25)23-20-18(14)22-11-24(20)13-5-4-6-21-10-13/h4-8,10-11,14H,9H2,1-3H3,(H,23,25)/t14-/m1/s1. The van der Waals surface area contributed by atoms with Crippen LogP contribution in [0.15, 0.2) is 43.0 Å². The van der Waals surface area contributed by atoms with Gasteiger partial charge in [0.25, 0.3) is 0 Å². The predicted molar refractivity (Wildman–Crippen MR) is 103 cm³/mol. The molecule has 0 saturated carbocycles. The van der Waals surface area contributed by atoms with Crippen LogP contribution in [-0.2, 0) is 4.79 Å². The van der Waals surface area contributed by atoms with E-state index in [1.165, 1.54) is 0 Å². The number of nitrogens with one attached hydrogen (secondary N) is 1. The first-order valence-corrected chi connectivity index (χ1v) is 8.73. The maximum absolute atomic E-state index is 12.5. The predicted octanol–water partition coefficient (Wildman–Crippen LogP) is 2.77. The van der Waals surface area contributed by atoms with Crippen LogP contribution >= 0.6 is 0 Å². The number of nitrogens with zero attached hydrogens (tertiary/aromatic N) is 3. The normalized spacial score (nSPS) is 15.5. The number of rotatable bonds is 5. The lowest BCUT2D eigenvalue weighted by Gasteiger charge is -2.24. The second-order valence-corrected chi connectivity index (χ2v) is 6.32. The summed E-state index contributed by atoms with van der Waals surface area (Å²) in [4.78, 5) is 21.2. The number of carbonyl (C=O) groups excluding carboxylic acids is 1. The second kappa shape index (κ2) is 7.22. The Morgan fingerprint density at radius 3 is 2.50 bits per heavy atom. The number of amides is 1. The van der Waals surface area contributed by atoms with Gasteiger partial charge in [0.15, 0.2) is 11.5 Å². The fourth-order valence-corrected chi connectivity index (χ4v) is 3.48. The highest BCUT2D eigenvalue weighted by atomic mass is 16.5. The van der Waals surface area contributed by atoms with Gasteiger partial charge in [0.1, 0.15) is 12.1 Å². The van der Waals surface area contributed by atoms with Crippen molar-refractivity contribution in [2.45, 2.75) is 12.3 Å². The first kappa shape index (κ1) is 17.8. The first-order valence-electron chi connectivity index (χ1n) is 8.73. The quantitative estimate of drug-likeness (QED) is 0.732. The molecule has 0 bridgehead atoms. The summed E-state index contributed by atoms with van der Waals surface area (Å²) in [7, 11) is 4.69. The number of ether oxygens (including phenoxy) is 3. The summed E-state index contributed by atoms with van der Waals surface area (Å²) in [6.45, 7) is 0. The molecule has 1 aromatic carbocycles. The van der Waals surface area contributed by atoms with Crippen molar-refractivity contribution in [1.82, 2.24) is 14.5 Å². The Hall–Kier alpha value is -3.55. The van der Waals surface area contributed by atoms with Crippen molar-refractivity contribution in [1.29, 1.82) is 0 Å². The van der Waals surface area contributed by atoms with E-state index in [9.17, 15) is 4.79 Å². The Morgan fingerprint density at radius 2 is 1.89 bits per heavy atom. The molecule has 8 heteroatoms. The molecule has 8 nitrogen and oxygen atoms in total. The number of hydrogen-bond donors (Lipinski definition) is 1. The molecule has 0 fully saturated rings. The lowest BCUT2D eigenvalue weighted by atomic mass is 9.89. The van der Waals surface area contributed by atoms with E-state index in [4.69, 9.17) is 14.2 Å². The zero-order valence-corrected chi connectivity index (χ0v) is 15.8. The fraction of sp³-hybridized carbons (Fsp3) is 0.250. The number of carbonyl (C=O) groups is 1. The summed E-state index contributed by atoms with van der Waals surface area (Å²) in [5.74, 6) is 1.90. The highest BCUT2D eigenvalue weighted by molar-refractivity contribution is 5.94. The summed E-state index contributed by atoms with van der Waals surface area (Å²) in [5.41, 5.74) is 2.46. The summed E-state index contributed by atoms with van der Waals surface area (Å²) < 4.78 is 18.1. The number of imidazole rings is 1. The average Bonchev–Trinajstić information content (AvgIpc) is 3.16. The SMILES string of the molecule is COc1cc([C@H]2CC(=O)Nc3c2ncn3-c2cccnc2)cc(OC)c1OC. The number of anilines is 1. The third-order valence-electron chi connectivity index (χ3n) is 4.79. The Kier molecular flexibility index (Phi) is 4.60. The van der Waals surface area contributed by atoms with Crippen LogP contribution < -0.4 is 19.5 Å². The van der Waals surface area contributed by atoms with Crippen LogP contribution in [0.1, 0.15) is 23.6 Å². The molecular weight excluding hydrogens is 360 g/mol. The number of aromatic nitrogens is 3. The van der Waals surface area contributed by atoms with Crippen molar-refractivity contribution in [3.63, 3.8) is 0 Å². The van der Waals surface area contributed by atoms with Crippen molar-refractivity contribution in [2.24, 2.45) is 0 Å². The van der Waals surface area contributed by atoms with E-state index in [1.54, 1.807) is 40.1 Å². The lowest BCUT2D eigenvalue weighted by molar-refractivity contribution is -0.116. The van der Waals surface area contributed by atoms with E-state index < -0.39 is 0 Å². The first-order chi connectivity index (χ1) is 13.7. The summed E-state index contributed by atoms with van der Waals surface area (Å²) in [5, 5.41) is 2.93. The number of fused-ring (bicyclic) bond motifs is 1. The Labute approximate surface area is 162 Å². The summed E-state index contributed by atoms with van der Waals surface area (Å²) >= 11 is 0. The molecule has 0 radical (unpaired) electrons. The Bertz CT molecular complexity index is 991. The lowest BCUT2D eigenvalue weighted by Crippen LogP contribution is -2.25. The minimum Gasteiger partial charge on any atom is -0.493 e. The molecule has 1 N–H and O–H groups in total. The minimum absolute atomic E-state index is 0.0862. The van der Waals surface area contributed by atoms with Crippen LogP contribution in [0.3, 0.4) is 0 Å². The molecule has 0 unspecified atom stereocenters. The summed E-state index contributed by atoms with van der Waals surface area (Å²) in [6.07, 6.45) is 5.38. The van der Waals surface area contributed by atoms with E-state index in [0.717, 1.165) is 16.9 Å². The van der Waals surface area contributed by atoms with Gasteiger partial charge >= 0.3 is 0 Å². The van der Waals surface area contributed by atoms with Gasteiger partial charge in [-0.25, -0.2) is 4.98 Å². The number of benzene rings is 1. The maximum Gasteiger partial charge on any atom is 0.226 e. The third-order valence-corrected chi connectivity index (χ3v) is 4.79. The number of pyridine rings is 1. The van der Waals surface area contributed by atoms with E-state index in [2.05, 4.69) is 15.3 Å². The molecule has 0 saturated heterocycles. The van der Waals surface area contributed by atoms with Gasteiger partial charge in [0.05, 0.1) is 38.9 Å². The van der Waals surface area contributed by atoms with Gasteiger partial charge < -0.3 is 19.5 Å². The molecule has 2 aromatic heterocycles. The van der Waals surface area contributed by atoms with Crippen molar-refractivity contribution in [2.75, 3.05) is 26.6 Å². The van der Waals surface area contributed by atoms with Crippen LogP contribution in [-0.4, -0.2) is 41.8 Å². The van der Waals surface area contributed by atoms with Gasteiger partial charge in [-0.15, -0.1) is 0 Å². The Balaban J connectivity index is 1.83. The molecule has 1 aliphatic heterocycles. The molecule has 3 heterocycles. The molecule has 3 aromatic rings. The molecular formula is C20H20N4O4. The molecule has 0 spiro atoms. The monoisotopic (exact) mass is 380 g/mol.